The van der Waals surface area contributed by atoms with E-state index in [0.717, 1.165) is 17.1 Å². The second kappa shape index (κ2) is 4.11. The molecule has 0 atom stereocenters. The topological polar surface area (TPSA) is 6.48 Å². The van der Waals surface area contributed by atoms with Crippen LogP contribution < -0.4 is 0 Å². The number of halogens is 1. The van der Waals surface area contributed by atoms with Gasteiger partial charge in [-0.15, -0.1) is 0 Å². The lowest BCUT2D eigenvalue weighted by molar-refractivity contribution is 0.136. The van der Waals surface area contributed by atoms with Crippen molar-refractivity contribution in [3.63, 3.8) is 0 Å². The summed E-state index contributed by atoms with van der Waals surface area (Å²) >= 11 is 3.42. The summed E-state index contributed by atoms with van der Waals surface area (Å²) in [4.78, 5) is 5.10. The van der Waals surface area contributed by atoms with Crippen molar-refractivity contribution in [1.82, 2.24) is 9.80 Å². The summed E-state index contributed by atoms with van der Waals surface area (Å²) in [5.74, 6) is 0. The highest BCUT2D eigenvalue weighted by molar-refractivity contribution is 9.11. The summed E-state index contributed by atoms with van der Waals surface area (Å²) in [5.41, 5.74) is 0. The maximum atomic E-state index is 3.88. The van der Waals surface area contributed by atoms with Crippen LogP contribution in [0.3, 0.4) is 0 Å². The number of rotatable bonds is 3. The molecule has 1 aliphatic carbocycles. The van der Waals surface area contributed by atoms with E-state index in [0.29, 0.717) is 0 Å². The van der Waals surface area contributed by atoms with Crippen LogP contribution in [-0.2, 0) is 0 Å². The molecule has 0 spiro atoms. The predicted molar refractivity (Wildman–Crippen MR) is 59.1 cm³/mol. The van der Waals surface area contributed by atoms with Crippen molar-refractivity contribution in [1.29, 1.82) is 0 Å². The van der Waals surface area contributed by atoms with Crippen molar-refractivity contribution in [3.8, 4) is 0 Å². The van der Waals surface area contributed by atoms with Crippen molar-refractivity contribution >= 4 is 15.9 Å². The summed E-state index contributed by atoms with van der Waals surface area (Å²) in [7, 11) is 0. The number of piperazine rings is 1. The average Bonchev–Trinajstić information content (AvgIpc) is 2.87. The van der Waals surface area contributed by atoms with Gasteiger partial charge in [0.2, 0.25) is 0 Å². The van der Waals surface area contributed by atoms with Gasteiger partial charge in [-0.1, -0.05) is 22.5 Å². The van der Waals surface area contributed by atoms with Crippen LogP contribution in [0, 0.1) is 0 Å². The molecule has 0 radical (unpaired) electrons. The average molecular weight is 245 g/mol. The fourth-order valence-electron chi connectivity index (χ4n) is 1.97. The van der Waals surface area contributed by atoms with Gasteiger partial charge in [-0.25, -0.2) is 0 Å². The Morgan fingerprint density at radius 3 is 2.31 bits per heavy atom. The van der Waals surface area contributed by atoms with Crippen molar-refractivity contribution in [2.45, 2.75) is 18.9 Å². The van der Waals surface area contributed by atoms with Crippen LogP contribution in [0.2, 0.25) is 0 Å². The smallest absolute Gasteiger partial charge is 0.0294 e. The van der Waals surface area contributed by atoms with Gasteiger partial charge >= 0.3 is 0 Å². The first-order chi connectivity index (χ1) is 6.25. The highest BCUT2D eigenvalue weighted by Gasteiger charge is 2.30. The Morgan fingerprint density at radius 1 is 1.23 bits per heavy atom. The fourth-order valence-corrected chi connectivity index (χ4v) is 2.32. The van der Waals surface area contributed by atoms with Crippen LogP contribution in [0.1, 0.15) is 12.8 Å². The maximum Gasteiger partial charge on any atom is 0.0294 e. The van der Waals surface area contributed by atoms with Crippen LogP contribution in [0.4, 0.5) is 0 Å². The van der Waals surface area contributed by atoms with Gasteiger partial charge in [-0.05, 0) is 12.8 Å². The van der Waals surface area contributed by atoms with E-state index in [1.54, 1.807) is 0 Å². The predicted octanol–water partition coefficient (Wildman–Crippen LogP) is 1.68. The van der Waals surface area contributed by atoms with E-state index in [2.05, 4.69) is 32.3 Å². The third kappa shape index (κ3) is 2.79. The molecule has 1 saturated carbocycles. The minimum absolute atomic E-state index is 0.939. The van der Waals surface area contributed by atoms with E-state index in [1.165, 1.54) is 39.0 Å². The van der Waals surface area contributed by atoms with E-state index in [4.69, 9.17) is 0 Å². The molecule has 0 unspecified atom stereocenters. The number of hydrogen-bond donors (Lipinski definition) is 0. The Kier molecular flexibility index (Phi) is 3.06. The molecule has 1 saturated heterocycles. The summed E-state index contributed by atoms with van der Waals surface area (Å²) in [6, 6.07) is 0.939. The molecular formula is C10H17BrN2. The Bertz CT molecular complexity index is 193. The minimum Gasteiger partial charge on any atom is -0.298 e. The molecule has 1 heterocycles. The van der Waals surface area contributed by atoms with E-state index in [9.17, 15) is 0 Å². The Morgan fingerprint density at radius 2 is 1.85 bits per heavy atom. The summed E-state index contributed by atoms with van der Waals surface area (Å²) in [6.45, 7) is 9.82. The van der Waals surface area contributed by atoms with Crippen LogP contribution >= 0.6 is 15.9 Å². The lowest BCUT2D eigenvalue weighted by Gasteiger charge is -2.34. The second-order valence-electron chi connectivity index (χ2n) is 4.06. The highest BCUT2D eigenvalue weighted by atomic mass is 79.9. The standard InChI is InChI=1S/C10H17BrN2/c1-9(11)8-12-4-6-13(7-5-12)10-2-3-10/h10H,1-8H2. The second-order valence-corrected chi connectivity index (χ2v) is 5.18. The van der Waals surface area contributed by atoms with E-state index in [-0.39, 0.29) is 0 Å². The zero-order valence-electron chi connectivity index (χ0n) is 8.01. The first kappa shape index (κ1) is 9.69. The van der Waals surface area contributed by atoms with Gasteiger partial charge in [-0.2, -0.15) is 0 Å². The van der Waals surface area contributed by atoms with Crippen molar-refractivity contribution < 1.29 is 0 Å². The Balaban J connectivity index is 1.72. The molecule has 2 fully saturated rings. The molecule has 2 nitrogen and oxygen atoms in total. The van der Waals surface area contributed by atoms with Gasteiger partial charge in [0.05, 0.1) is 0 Å². The van der Waals surface area contributed by atoms with Crippen LogP contribution in [0.5, 0.6) is 0 Å². The third-order valence-corrected chi connectivity index (χ3v) is 3.12. The van der Waals surface area contributed by atoms with E-state index < -0.39 is 0 Å². The number of nitrogens with zero attached hydrogens (tertiary/aromatic N) is 2. The Labute approximate surface area is 88.7 Å². The minimum atomic E-state index is 0.939. The van der Waals surface area contributed by atoms with Crippen LogP contribution in [0.25, 0.3) is 0 Å². The molecule has 1 aliphatic heterocycles. The molecular weight excluding hydrogens is 228 g/mol. The van der Waals surface area contributed by atoms with Gasteiger partial charge in [0.1, 0.15) is 0 Å². The van der Waals surface area contributed by atoms with Gasteiger partial charge in [-0.3, -0.25) is 9.80 Å². The zero-order valence-corrected chi connectivity index (χ0v) is 9.59. The molecule has 0 aromatic carbocycles. The molecule has 2 aliphatic rings. The molecule has 0 N–H and O–H groups in total. The van der Waals surface area contributed by atoms with Crippen LogP contribution in [-0.4, -0.2) is 48.6 Å². The molecule has 0 aromatic heterocycles. The molecule has 3 heteroatoms. The first-order valence-electron chi connectivity index (χ1n) is 5.05. The monoisotopic (exact) mass is 244 g/mol. The van der Waals surface area contributed by atoms with E-state index >= 15 is 0 Å². The summed E-state index contributed by atoms with van der Waals surface area (Å²) in [6.07, 6.45) is 2.87. The third-order valence-electron chi connectivity index (χ3n) is 2.87. The first-order valence-corrected chi connectivity index (χ1v) is 5.84. The van der Waals surface area contributed by atoms with Gasteiger partial charge in [0.15, 0.2) is 0 Å². The SMILES string of the molecule is C=C(Br)CN1CCN(C2CC2)CC1. The molecule has 0 amide bonds. The van der Waals surface area contributed by atoms with Crippen molar-refractivity contribution in [3.05, 3.63) is 11.1 Å². The molecule has 0 bridgehead atoms. The van der Waals surface area contributed by atoms with Gasteiger partial charge < -0.3 is 0 Å². The quantitative estimate of drug-likeness (QED) is 0.746. The molecule has 74 valence electrons. The summed E-state index contributed by atoms with van der Waals surface area (Å²) < 4.78 is 1.10. The lowest BCUT2D eigenvalue weighted by Crippen LogP contribution is -2.47. The maximum absolute atomic E-state index is 3.88. The lowest BCUT2D eigenvalue weighted by atomic mass is 10.3. The number of hydrogen-bond acceptors (Lipinski definition) is 2. The van der Waals surface area contributed by atoms with Crippen LogP contribution in [0.15, 0.2) is 11.1 Å². The fraction of sp³-hybridized carbons (Fsp3) is 0.800. The van der Waals surface area contributed by atoms with E-state index in [1.807, 2.05) is 0 Å². The van der Waals surface area contributed by atoms with Gasteiger partial charge in [0.25, 0.3) is 0 Å². The molecule has 0 aromatic rings. The largest absolute Gasteiger partial charge is 0.298 e. The van der Waals surface area contributed by atoms with Crippen molar-refractivity contribution in [2.75, 3.05) is 32.7 Å². The summed E-state index contributed by atoms with van der Waals surface area (Å²) in [5, 5.41) is 0. The normalized spacial score (nSPS) is 26.2. The Hall–Kier alpha value is 0.140. The molecule has 2 rings (SSSR count). The molecule has 13 heavy (non-hydrogen) atoms. The van der Waals surface area contributed by atoms with Crippen molar-refractivity contribution in [2.24, 2.45) is 0 Å². The highest BCUT2D eigenvalue weighted by Crippen LogP contribution is 2.27. The van der Waals surface area contributed by atoms with Gasteiger partial charge in [0, 0.05) is 43.2 Å². The zero-order chi connectivity index (χ0) is 9.26.